The lowest BCUT2D eigenvalue weighted by atomic mass is 9.88. The third-order valence-electron chi connectivity index (χ3n) is 8.53. The summed E-state index contributed by atoms with van der Waals surface area (Å²) in [5.74, 6) is -0.994. The van der Waals surface area contributed by atoms with Crippen LogP contribution in [0.4, 0.5) is 8.78 Å². The Kier molecular flexibility index (Phi) is 7.39. The van der Waals surface area contributed by atoms with Crippen molar-refractivity contribution in [3.05, 3.63) is 68.5 Å². The van der Waals surface area contributed by atoms with Gasteiger partial charge in [0.15, 0.2) is 0 Å². The van der Waals surface area contributed by atoms with E-state index in [2.05, 4.69) is 17.0 Å². The van der Waals surface area contributed by atoms with E-state index in [1.165, 1.54) is 10.6 Å². The number of benzene rings is 2. The van der Waals surface area contributed by atoms with Crippen LogP contribution in [-0.2, 0) is 11.3 Å². The molecule has 0 spiro atoms. The molecule has 2 fully saturated rings. The summed E-state index contributed by atoms with van der Waals surface area (Å²) in [6, 6.07) is 9.91. The van der Waals surface area contributed by atoms with Crippen molar-refractivity contribution in [1.29, 1.82) is 0 Å². The fraction of sp³-hybridized carbons (Fsp3) is 0.448. The number of carboxylic acid groups (broad SMARTS) is 1. The zero-order valence-electron chi connectivity index (χ0n) is 21.9. The molecule has 6 rings (SSSR count). The number of alkyl halides is 2. The smallest absolute Gasteiger partial charge is 0.309 e. The van der Waals surface area contributed by atoms with Crippen LogP contribution in [0, 0.1) is 0 Å². The number of fused-ring (bicyclic) bond motifs is 2. The zero-order chi connectivity index (χ0) is 28.1. The molecule has 0 unspecified atom stereocenters. The van der Waals surface area contributed by atoms with E-state index in [9.17, 15) is 23.5 Å². The molecule has 2 aromatic rings. The van der Waals surface area contributed by atoms with E-state index < -0.39 is 12.1 Å². The number of likely N-dealkylation sites (tertiary alicyclic amines) is 1. The van der Waals surface area contributed by atoms with Gasteiger partial charge in [0.25, 0.3) is 5.91 Å². The van der Waals surface area contributed by atoms with Gasteiger partial charge in [-0.1, -0.05) is 47.5 Å². The minimum Gasteiger partial charge on any atom is -0.481 e. The van der Waals surface area contributed by atoms with Crippen molar-refractivity contribution in [3.63, 3.8) is 0 Å². The van der Waals surface area contributed by atoms with Crippen LogP contribution in [0.1, 0.15) is 53.1 Å². The predicted molar refractivity (Wildman–Crippen MR) is 148 cm³/mol. The summed E-state index contributed by atoms with van der Waals surface area (Å²) in [6.45, 7) is 2.46. The Bertz CT molecular complexity index is 1380. The number of hydrogen-bond acceptors (Lipinski definition) is 5. The van der Waals surface area contributed by atoms with Crippen molar-refractivity contribution < 1.29 is 23.5 Å². The molecule has 4 aliphatic rings. The molecule has 0 radical (unpaired) electrons. The minimum atomic E-state index is -1.06. The van der Waals surface area contributed by atoms with Crippen LogP contribution in [0.15, 0.2) is 41.7 Å². The highest BCUT2D eigenvalue weighted by Gasteiger charge is 2.44. The van der Waals surface area contributed by atoms with Crippen LogP contribution in [0.25, 0.3) is 11.1 Å². The Hall–Kier alpha value is -2.88. The van der Waals surface area contributed by atoms with Gasteiger partial charge in [0, 0.05) is 34.8 Å². The van der Waals surface area contributed by atoms with Gasteiger partial charge in [-0.3, -0.25) is 14.6 Å². The summed E-state index contributed by atoms with van der Waals surface area (Å²) < 4.78 is 26.7. The molecular weight excluding hydrogens is 561 g/mol. The Morgan fingerprint density at radius 1 is 1.10 bits per heavy atom. The normalized spacial score (nSPS) is 21.6. The molecule has 0 aliphatic carbocycles. The summed E-state index contributed by atoms with van der Waals surface area (Å²) >= 11 is 13.6. The zero-order valence-corrected chi connectivity index (χ0v) is 23.4. The molecular formula is C29H30Cl2F2N4O3. The lowest BCUT2D eigenvalue weighted by molar-refractivity contribution is -0.137. The van der Waals surface area contributed by atoms with Gasteiger partial charge in [0.2, 0.25) is 0 Å². The number of hydrogen-bond donors (Lipinski definition) is 1. The number of hydrazine groups is 1. The summed E-state index contributed by atoms with van der Waals surface area (Å²) in [7, 11) is 0. The highest BCUT2D eigenvalue weighted by atomic mass is 35.5. The molecule has 7 nitrogen and oxygen atoms in total. The number of allylic oxidation sites excluding steroid dienone is 1. The Balaban J connectivity index is 1.25. The van der Waals surface area contributed by atoms with Crippen LogP contribution in [0.3, 0.4) is 0 Å². The number of nitrogens with zero attached hydrogens (tertiary/aromatic N) is 4. The number of carboxylic acids is 1. The van der Waals surface area contributed by atoms with Gasteiger partial charge in [-0.15, -0.1) is 0 Å². The van der Waals surface area contributed by atoms with E-state index in [0.717, 1.165) is 31.5 Å². The lowest BCUT2D eigenvalue weighted by Gasteiger charge is -2.32. The Morgan fingerprint density at radius 2 is 1.82 bits per heavy atom. The fourth-order valence-electron chi connectivity index (χ4n) is 6.49. The average Bonchev–Trinajstić information content (AvgIpc) is 3.57. The molecule has 1 N–H and O–H groups in total. The van der Waals surface area contributed by atoms with Crippen molar-refractivity contribution in [2.45, 2.75) is 44.3 Å². The first-order chi connectivity index (χ1) is 19.2. The summed E-state index contributed by atoms with van der Waals surface area (Å²) in [5, 5.41) is 13.3. The van der Waals surface area contributed by atoms with E-state index >= 15 is 0 Å². The third kappa shape index (κ3) is 4.82. The van der Waals surface area contributed by atoms with E-state index in [4.69, 9.17) is 23.2 Å². The van der Waals surface area contributed by atoms with Gasteiger partial charge in [0.05, 0.1) is 35.8 Å². The number of carbonyl (C=O) groups is 2. The second kappa shape index (κ2) is 10.8. The molecule has 0 aromatic heterocycles. The standard InChI is InChI=1S/C29H30Cl2F2N4O3/c30-23-12-21(19-3-1-17(2-4-19)18-5-8-34(9-6-18)10-7-32)28(31)27-22(23)15-36(29(27)40)37-16-35-14-20(33)11-24(35)25(37)13-26(38)39/h1-4,12,18,20H,5-11,13-16H2,(H,38,39)/t20-/m1/s1. The van der Waals surface area contributed by atoms with Crippen LogP contribution < -0.4 is 0 Å². The molecule has 2 saturated heterocycles. The van der Waals surface area contributed by atoms with Gasteiger partial charge in [-0.2, -0.15) is 0 Å². The second-order valence-corrected chi connectivity index (χ2v) is 11.7. The highest BCUT2D eigenvalue weighted by molar-refractivity contribution is 6.39. The second-order valence-electron chi connectivity index (χ2n) is 10.9. The molecule has 0 saturated carbocycles. The topological polar surface area (TPSA) is 67.3 Å². The van der Waals surface area contributed by atoms with E-state index in [1.54, 1.807) is 16.0 Å². The van der Waals surface area contributed by atoms with Gasteiger partial charge < -0.3 is 14.9 Å². The summed E-state index contributed by atoms with van der Waals surface area (Å²) in [6.07, 6.45) is 0.725. The molecule has 2 aromatic carbocycles. The minimum absolute atomic E-state index is 0.131. The molecule has 4 aliphatic heterocycles. The average molecular weight is 591 g/mol. The lowest BCUT2D eigenvalue weighted by Crippen LogP contribution is -2.43. The summed E-state index contributed by atoms with van der Waals surface area (Å²) in [5.41, 5.74) is 4.66. The molecule has 11 heteroatoms. The maximum atomic E-state index is 14.1. The first-order valence-electron chi connectivity index (χ1n) is 13.6. The fourth-order valence-corrected chi connectivity index (χ4v) is 7.11. The number of piperidine rings is 1. The highest BCUT2D eigenvalue weighted by Crippen LogP contribution is 2.44. The van der Waals surface area contributed by atoms with Crippen molar-refractivity contribution >= 4 is 35.1 Å². The van der Waals surface area contributed by atoms with Crippen LogP contribution in [-0.4, -0.2) is 82.5 Å². The molecule has 0 bridgehead atoms. The largest absolute Gasteiger partial charge is 0.481 e. The van der Waals surface area contributed by atoms with Crippen LogP contribution in [0.5, 0.6) is 0 Å². The molecule has 1 amide bonds. The number of rotatable bonds is 7. The van der Waals surface area contributed by atoms with Gasteiger partial charge in [0.1, 0.15) is 19.5 Å². The maximum absolute atomic E-state index is 14.1. The quantitative estimate of drug-likeness (QED) is 0.447. The van der Waals surface area contributed by atoms with Crippen molar-refractivity contribution in [1.82, 2.24) is 19.8 Å². The number of halogens is 4. The Labute approximate surface area is 241 Å². The van der Waals surface area contributed by atoms with Crippen molar-refractivity contribution in [2.24, 2.45) is 0 Å². The van der Waals surface area contributed by atoms with Gasteiger partial charge in [-0.05, 0) is 49.0 Å². The number of aliphatic carboxylic acids is 1. The molecule has 4 heterocycles. The number of amides is 1. The number of carbonyl (C=O) groups excluding carboxylic acids is 1. The first-order valence-corrected chi connectivity index (χ1v) is 14.3. The van der Waals surface area contributed by atoms with Crippen LogP contribution in [0.2, 0.25) is 10.0 Å². The van der Waals surface area contributed by atoms with Crippen LogP contribution >= 0.6 is 23.2 Å². The summed E-state index contributed by atoms with van der Waals surface area (Å²) in [4.78, 5) is 29.3. The van der Waals surface area contributed by atoms with Crippen molar-refractivity contribution in [2.75, 3.05) is 39.5 Å². The Morgan fingerprint density at radius 3 is 2.50 bits per heavy atom. The molecule has 40 heavy (non-hydrogen) atoms. The maximum Gasteiger partial charge on any atom is 0.309 e. The molecule has 212 valence electrons. The van der Waals surface area contributed by atoms with Gasteiger partial charge in [-0.25, -0.2) is 13.8 Å². The van der Waals surface area contributed by atoms with E-state index in [0.29, 0.717) is 50.6 Å². The van der Waals surface area contributed by atoms with E-state index in [-0.39, 0.29) is 45.2 Å². The third-order valence-corrected chi connectivity index (χ3v) is 9.26. The van der Waals surface area contributed by atoms with E-state index in [1.807, 2.05) is 12.1 Å². The SMILES string of the molecule is O=C(O)CC1=C2C[C@@H](F)CN2CN1N1Cc2c(Cl)cc(-c3ccc(C4CCN(CCF)CC4)cc3)c(Cl)c2C1=O. The van der Waals surface area contributed by atoms with Gasteiger partial charge >= 0.3 is 5.97 Å². The molecule has 1 atom stereocenters. The monoisotopic (exact) mass is 590 g/mol. The predicted octanol–water partition coefficient (Wildman–Crippen LogP) is 5.68. The first kappa shape index (κ1) is 27.3. The van der Waals surface area contributed by atoms with Crippen molar-refractivity contribution in [3.8, 4) is 11.1 Å².